The van der Waals surface area contributed by atoms with Crippen LogP contribution >= 0.6 is 0 Å². The van der Waals surface area contributed by atoms with Crippen LogP contribution in [0.1, 0.15) is 75.2 Å². The van der Waals surface area contributed by atoms with E-state index in [1.807, 2.05) is 26.0 Å². The summed E-state index contributed by atoms with van der Waals surface area (Å²) in [6, 6.07) is 3.83. The molecule has 2 aromatic heterocycles. The topological polar surface area (TPSA) is 86.5 Å². The van der Waals surface area contributed by atoms with Crippen LogP contribution in [0.5, 0.6) is 5.75 Å². The quantitative estimate of drug-likeness (QED) is 0.546. The molecule has 0 bridgehead atoms. The Morgan fingerprint density at radius 1 is 1.17 bits per heavy atom. The molecule has 0 atom stereocenters. The number of hydrogen-bond donors (Lipinski definition) is 1. The molecule has 0 unspecified atom stereocenters. The highest BCUT2D eigenvalue weighted by atomic mass is 16.5. The van der Waals surface area contributed by atoms with E-state index in [0.717, 1.165) is 54.8 Å². The fraction of sp³-hybridized carbons (Fsp3) is 0.609. The minimum absolute atomic E-state index is 0.276. The Morgan fingerprint density at radius 2 is 1.97 bits per heavy atom. The molecule has 1 aliphatic carbocycles. The van der Waals surface area contributed by atoms with E-state index in [4.69, 9.17) is 14.0 Å². The predicted octanol–water partition coefficient (Wildman–Crippen LogP) is 5.48. The number of ether oxygens (including phenoxy) is 2. The highest BCUT2D eigenvalue weighted by molar-refractivity contribution is 5.68. The minimum Gasteiger partial charge on any atom is -0.489 e. The van der Waals surface area contributed by atoms with Gasteiger partial charge in [0, 0.05) is 5.56 Å². The minimum atomic E-state index is -0.432. The molecule has 1 saturated carbocycles. The van der Waals surface area contributed by atoms with Crippen molar-refractivity contribution in [2.24, 2.45) is 0 Å². The van der Waals surface area contributed by atoms with Crippen LogP contribution in [0.3, 0.4) is 0 Å². The zero-order valence-corrected chi connectivity index (χ0v) is 18.3. The molecule has 0 aromatic carbocycles. The number of pyridine rings is 1. The van der Waals surface area contributed by atoms with Gasteiger partial charge in [-0.25, -0.2) is 9.78 Å². The van der Waals surface area contributed by atoms with E-state index in [2.05, 4.69) is 22.4 Å². The first kappa shape index (κ1) is 22.1. The van der Waals surface area contributed by atoms with Crippen LogP contribution in [0.25, 0.3) is 11.5 Å². The van der Waals surface area contributed by atoms with E-state index in [0.29, 0.717) is 18.1 Å². The Morgan fingerprint density at radius 3 is 2.70 bits per heavy atom. The number of unbranched alkanes of at least 4 members (excludes halogenated alkanes) is 2. The zero-order chi connectivity index (χ0) is 21.3. The molecule has 30 heavy (non-hydrogen) atoms. The first-order chi connectivity index (χ1) is 14.6. The third-order valence-corrected chi connectivity index (χ3v) is 5.49. The third kappa shape index (κ3) is 5.97. The second-order valence-corrected chi connectivity index (χ2v) is 7.93. The molecule has 0 radical (unpaired) electrons. The number of rotatable bonds is 9. The average Bonchev–Trinajstić information content (AvgIpc) is 3.12. The van der Waals surface area contributed by atoms with Crippen molar-refractivity contribution in [1.82, 2.24) is 15.5 Å². The number of aryl methyl sites for hydroxylation is 2. The SMILES string of the molecule is CCCCCOC(=O)NCc1c(C)noc1-c1ccc(OC2CCCCC2)c(C)n1. The molecule has 2 heterocycles. The van der Waals surface area contributed by atoms with Gasteiger partial charge in [0.1, 0.15) is 11.4 Å². The lowest BCUT2D eigenvalue weighted by Crippen LogP contribution is -2.24. The Kier molecular flexibility index (Phi) is 8.11. The molecule has 3 rings (SSSR count). The van der Waals surface area contributed by atoms with Crippen LogP contribution in [0.2, 0.25) is 0 Å². The van der Waals surface area contributed by atoms with Crippen molar-refractivity contribution in [2.75, 3.05) is 6.61 Å². The van der Waals surface area contributed by atoms with Gasteiger partial charge in [0.25, 0.3) is 0 Å². The van der Waals surface area contributed by atoms with Crippen molar-refractivity contribution in [3.63, 3.8) is 0 Å². The van der Waals surface area contributed by atoms with Crippen LogP contribution in [0.4, 0.5) is 4.79 Å². The Hall–Kier alpha value is -2.57. The Labute approximate surface area is 178 Å². The molecule has 2 aromatic rings. The molecule has 0 aliphatic heterocycles. The maximum atomic E-state index is 11.9. The van der Waals surface area contributed by atoms with Gasteiger partial charge < -0.3 is 19.3 Å². The summed E-state index contributed by atoms with van der Waals surface area (Å²) in [7, 11) is 0. The molecule has 1 N–H and O–H groups in total. The lowest BCUT2D eigenvalue weighted by atomic mass is 9.98. The fourth-order valence-corrected chi connectivity index (χ4v) is 3.69. The van der Waals surface area contributed by atoms with Crippen molar-refractivity contribution in [1.29, 1.82) is 0 Å². The van der Waals surface area contributed by atoms with Gasteiger partial charge in [0.2, 0.25) is 0 Å². The molecule has 1 fully saturated rings. The molecular weight excluding hydrogens is 382 g/mol. The van der Waals surface area contributed by atoms with E-state index in [1.165, 1.54) is 19.3 Å². The maximum Gasteiger partial charge on any atom is 0.407 e. The van der Waals surface area contributed by atoms with Crippen LogP contribution in [0.15, 0.2) is 16.7 Å². The smallest absolute Gasteiger partial charge is 0.407 e. The number of carbonyl (C=O) groups excluding carboxylic acids is 1. The summed E-state index contributed by atoms with van der Waals surface area (Å²) in [4.78, 5) is 16.6. The van der Waals surface area contributed by atoms with E-state index < -0.39 is 6.09 Å². The standard InChI is InChI=1S/C23H33N3O4/c1-4-5-9-14-28-23(27)24-15-19-16(2)26-30-22(19)20-12-13-21(17(3)25-20)29-18-10-7-6-8-11-18/h12-13,18H,4-11,14-15H2,1-3H3,(H,24,27). The molecular formula is C23H33N3O4. The van der Waals surface area contributed by atoms with E-state index in [9.17, 15) is 4.79 Å². The van der Waals surface area contributed by atoms with Crippen molar-refractivity contribution < 1.29 is 18.8 Å². The molecule has 1 aliphatic rings. The van der Waals surface area contributed by atoms with E-state index >= 15 is 0 Å². The van der Waals surface area contributed by atoms with Crippen LogP contribution < -0.4 is 10.1 Å². The summed E-state index contributed by atoms with van der Waals surface area (Å²) in [5.74, 6) is 1.38. The molecule has 0 saturated heterocycles. The summed E-state index contributed by atoms with van der Waals surface area (Å²) in [6.07, 6.45) is 8.81. The molecule has 164 valence electrons. The van der Waals surface area contributed by atoms with Gasteiger partial charge in [-0.05, 0) is 58.1 Å². The first-order valence-electron chi connectivity index (χ1n) is 11.1. The van der Waals surface area contributed by atoms with Gasteiger partial charge in [0.15, 0.2) is 5.76 Å². The predicted molar refractivity (Wildman–Crippen MR) is 114 cm³/mol. The average molecular weight is 416 g/mol. The Bertz CT molecular complexity index is 828. The number of alkyl carbamates (subject to hydrolysis) is 1. The maximum absolute atomic E-state index is 11.9. The number of amides is 1. The number of nitrogens with one attached hydrogen (secondary N) is 1. The number of nitrogens with zero attached hydrogens (tertiary/aromatic N) is 2. The van der Waals surface area contributed by atoms with Crippen LogP contribution in [-0.4, -0.2) is 28.9 Å². The van der Waals surface area contributed by atoms with E-state index in [-0.39, 0.29) is 12.6 Å². The first-order valence-corrected chi connectivity index (χ1v) is 11.1. The largest absolute Gasteiger partial charge is 0.489 e. The third-order valence-electron chi connectivity index (χ3n) is 5.49. The lowest BCUT2D eigenvalue weighted by molar-refractivity contribution is 0.143. The number of aromatic nitrogens is 2. The van der Waals surface area contributed by atoms with Crippen molar-refractivity contribution in [3.05, 3.63) is 29.1 Å². The highest BCUT2D eigenvalue weighted by Gasteiger charge is 2.20. The van der Waals surface area contributed by atoms with Gasteiger partial charge in [-0.2, -0.15) is 0 Å². The van der Waals surface area contributed by atoms with Crippen LogP contribution in [0, 0.1) is 13.8 Å². The van der Waals surface area contributed by atoms with Gasteiger partial charge in [0.05, 0.1) is 30.6 Å². The van der Waals surface area contributed by atoms with E-state index in [1.54, 1.807) is 0 Å². The highest BCUT2D eigenvalue weighted by Crippen LogP contribution is 2.29. The summed E-state index contributed by atoms with van der Waals surface area (Å²) in [6.45, 7) is 6.61. The summed E-state index contributed by atoms with van der Waals surface area (Å²) in [5, 5.41) is 6.84. The normalized spacial score (nSPS) is 14.5. The van der Waals surface area contributed by atoms with Crippen molar-refractivity contribution in [3.8, 4) is 17.2 Å². The van der Waals surface area contributed by atoms with Crippen molar-refractivity contribution >= 4 is 6.09 Å². The summed E-state index contributed by atoms with van der Waals surface area (Å²) in [5.41, 5.74) is 3.02. The molecule has 1 amide bonds. The fourth-order valence-electron chi connectivity index (χ4n) is 3.69. The number of hydrogen-bond acceptors (Lipinski definition) is 6. The van der Waals surface area contributed by atoms with Gasteiger partial charge in [-0.15, -0.1) is 0 Å². The number of carbonyl (C=O) groups is 1. The van der Waals surface area contributed by atoms with Gasteiger partial charge >= 0.3 is 6.09 Å². The van der Waals surface area contributed by atoms with Crippen molar-refractivity contribution in [2.45, 2.75) is 84.8 Å². The van der Waals surface area contributed by atoms with Gasteiger partial charge in [-0.1, -0.05) is 31.3 Å². The van der Waals surface area contributed by atoms with Crippen LogP contribution in [-0.2, 0) is 11.3 Å². The molecule has 0 spiro atoms. The lowest BCUT2D eigenvalue weighted by Gasteiger charge is -2.23. The second kappa shape index (κ2) is 11.0. The molecule has 7 heteroatoms. The zero-order valence-electron chi connectivity index (χ0n) is 18.3. The van der Waals surface area contributed by atoms with Gasteiger partial charge in [-0.3, -0.25) is 0 Å². The Balaban J connectivity index is 1.63. The second-order valence-electron chi connectivity index (χ2n) is 7.93. The summed E-state index contributed by atoms with van der Waals surface area (Å²) < 4.78 is 16.9. The summed E-state index contributed by atoms with van der Waals surface area (Å²) >= 11 is 0. The monoisotopic (exact) mass is 415 g/mol. The molecule has 7 nitrogen and oxygen atoms in total.